The third kappa shape index (κ3) is 6.34. The van der Waals surface area contributed by atoms with Crippen molar-refractivity contribution >= 4 is 5.96 Å². The van der Waals surface area contributed by atoms with Gasteiger partial charge in [-0.15, -0.1) is 0 Å². The van der Waals surface area contributed by atoms with E-state index >= 15 is 0 Å². The summed E-state index contributed by atoms with van der Waals surface area (Å²) in [5.41, 5.74) is 4.53. The van der Waals surface area contributed by atoms with Crippen LogP contribution in [0, 0.1) is 0 Å². The summed E-state index contributed by atoms with van der Waals surface area (Å²) in [4.78, 5) is 6.81. The second-order valence-corrected chi connectivity index (χ2v) is 7.89. The van der Waals surface area contributed by atoms with Crippen molar-refractivity contribution < 1.29 is 9.47 Å². The van der Waals surface area contributed by atoms with Gasteiger partial charge in [-0.05, 0) is 41.5 Å². The van der Waals surface area contributed by atoms with Crippen molar-refractivity contribution in [1.29, 1.82) is 0 Å². The number of guanidine groups is 1. The fourth-order valence-corrected chi connectivity index (χ4v) is 3.79. The van der Waals surface area contributed by atoms with E-state index in [4.69, 9.17) is 9.47 Å². The molecule has 0 aliphatic carbocycles. The van der Waals surface area contributed by atoms with Gasteiger partial charge in [0.15, 0.2) is 5.96 Å². The summed E-state index contributed by atoms with van der Waals surface area (Å²) < 4.78 is 12.5. The molecular weight excluding hydrogens is 416 g/mol. The topological polar surface area (TPSA) is 75.9 Å². The summed E-state index contributed by atoms with van der Waals surface area (Å²) in [5.74, 6) is 1.57. The van der Waals surface area contributed by atoms with E-state index in [2.05, 4.69) is 49.9 Å². The monoisotopic (exact) mass is 448 g/mol. The number of nitrogens with one attached hydrogen (secondary N) is 2. The molecule has 2 heterocycles. The Labute approximate surface area is 195 Å². The van der Waals surface area contributed by atoms with Crippen molar-refractivity contribution in [2.75, 3.05) is 40.5 Å². The molecule has 0 bridgehead atoms. The molecule has 1 fully saturated rings. The van der Waals surface area contributed by atoms with Crippen LogP contribution in [0.25, 0.3) is 5.69 Å². The highest BCUT2D eigenvalue weighted by Gasteiger charge is 2.13. The molecule has 0 amide bonds. The molecule has 8 heteroatoms. The van der Waals surface area contributed by atoms with E-state index in [9.17, 15) is 0 Å². The molecule has 3 aromatic rings. The van der Waals surface area contributed by atoms with Gasteiger partial charge >= 0.3 is 0 Å². The van der Waals surface area contributed by atoms with Gasteiger partial charge in [0.05, 0.1) is 38.2 Å². The van der Waals surface area contributed by atoms with E-state index in [1.807, 2.05) is 41.2 Å². The summed E-state index contributed by atoms with van der Waals surface area (Å²) in [6.07, 6.45) is 1.96. The predicted octanol–water partition coefficient (Wildman–Crippen LogP) is 2.58. The van der Waals surface area contributed by atoms with Gasteiger partial charge in [0.2, 0.25) is 0 Å². The Hall–Kier alpha value is -3.36. The van der Waals surface area contributed by atoms with E-state index in [1.165, 1.54) is 11.1 Å². The van der Waals surface area contributed by atoms with Crippen LogP contribution < -0.4 is 15.4 Å². The Morgan fingerprint density at radius 2 is 1.73 bits per heavy atom. The maximum absolute atomic E-state index is 5.47. The minimum atomic E-state index is 0.582. The highest BCUT2D eigenvalue weighted by Crippen LogP contribution is 2.15. The van der Waals surface area contributed by atoms with Gasteiger partial charge in [-0.25, -0.2) is 4.68 Å². The summed E-state index contributed by atoms with van der Waals surface area (Å²) >= 11 is 0. The van der Waals surface area contributed by atoms with Crippen molar-refractivity contribution in [3.8, 4) is 11.4 Å². The molecule has 1 aliphatic heterocycles. The maximum Gasteiger partial charge on any atom is 0.191 e. The molecule has 1 saturated heterocycles. The van der Waals surface area contributed by atoms with Crippen molar-refractivity contribution in [2.24, 2.45) is 4.99 Å². The van der Waals surface area contributed by atoms with Crippen molar-refractivity contribution in [3.05, 3.63) is 77.6 Å². The minimum absolute atomic E-state index is 0.582. The first-order valence-corrected chi connectivity index (χ1v) is 11.3. The Kier molecular flexibility index (Phi) is 7.94. The lowest BCUT2D eigenvalue weighted by atomic mass is 10.1. The quantitative estimate of drug-likeness (QED) is 0.408. The lowest BCUT2D eigenvalue weighted by Crippen LogP contribution is -2.37. The number of nitrogens with zero attached hydrogens (tertiary/aromatic N) is 4. The SMILES string of the molecule is CN=C(NCc1ccn(-c2ccc(OC)cc2)n1)NCc1ccccc1CN1CCOCC1. The summed E-state index contributed by atoms with van der Waals surface area (Å²) in [7, 11) is 3.45. The normalized spacial score (nSPS) is 14.8. The van der Waals surface area contributed by atoms with Crippen LogP contribution >= 0.6 is 0 Å². The van der Waals surface area contributed by atoms with E-state index in [1.54, 1.807) is 14.2 Å². The van der Waals surface area contributed by atoms with E-state index < -0.39 is 0 Å². The second kappa shape index (κ2) is 11.5. The van der Waals surface area contributed by atoms with E-state index in [-0.39, 0.29) is 0 Å². The van der Waals surface area contributed by atoms with Gasteiger partial charge in [0, 0.05) is 39.4 Å². The highest BCUT2D eigenvalue weighted by atomic mass is 16.5. The lowest BCUT2D eigenvalue weighted by molar-refractivity contribution is 0.0341. The molecule has 2 aromatic carbocycles. The average Bonchev–Trinajstić information content (AvgIpc) is 3.35. The first-order valence-electron chi connectivity index (χ1n) is 11.3. The Morgan fingerprint density at radius 1 is 1.00 bits per heavy atom. The summed E-state index contributed by atoms with van der Waals surface area (Å²) in [6, 6.07) is 18.4. The van der Waals surface area contributed by atoms with Crippen LogP contribution in [-0.4, -0.2) is 61.1 Å². The van der Waals surface area contributed by atoms with Crippen LogP contribution in [0.5, 0.6) is 5.75 Å². The van der Waals surface area contributed by atoms with Crippen LogP contribution in [0.2, 0.25) is 0 Å². The lowest BCUT2D eigenvalue weighted by Gasteiger charge is -2.27. The number of rotatable bonds is 8. The fraction of sp³-hybridized carbons (Fsp3) is 0.360. The number of hydrogen-bond acceptors (Lipinski definition) is 5. The molecule has 4 rings (SSSR count). The molecular formula is C25H32N6O2. The number of methoxy groups -OCH3 is 1. The second-order valence-electron chi connectivity index (χ2n) is 7.89. The van der Waals surface area contributed by atoms with Crippen LogP contribution in [0.15, 0.2) is 65.8 Å². The average molecular weight is 449 g/mol. The number of aromatic nitrogens is 2. The summed E-state index contributed by atoms with van der Waals surface area (Å²) in [5, 5.41) is 11.4. The Bertz CT molecular complexity index is 1040. The van der Waals surface area contributed by atoms with Crippen LogP contribution in [-0.2, 0) is 24.4 Å². The van der Waals surface area contributed by atoms with Gasteiger partial charge in [0.1, 0.15) is 5.75 Å². The number of benzene rings is 2. The molecule has 1 aromatic heterocycles. The van der Waals surface area contributed by atoms with Gasteiger partial charge in [-0.1, -0.05) is 24.3 Å². The summed E-state index contributed by atoms with van der Waals surface area (Å²) in [6.45, 7) is 5.81. The van der Waals surface area contributed by atoms with Crippen molar-refractivity contribution in [1.82, 2.24) is 25.3 Å². The zero-order chi connectivity index (χ0) is 22.9. The number of morpholine rings is 1. The van der Waals surface area contributed by atoms with E-state index in [0.29, 0.717) is 13.1 Å². The van der Waals surface area contributed by atoms with Crippen LogP contribution in [0.3, 0.4) is 0 Å². The van der Waals surface area contributed by atoms with Crippen molar-refractivity contribution in [3.63, 3.8) is 0 Å². The number of aliphatic imine (C=N–C) groups is 1. The van der Waals surface area contributed by atoms with E-state index in [0.717, 1.165) is 55.9 Å². The molecule has 8 nitrogen and oxygen atoms in total. The fourth-order valence-electron chi connectivity index (χ4n) is 3.79. The maximum atomic E-state index is 5.47. The third-order valence-corrected chi connectivity index (χ3v) is 5.70. The highest BCUT2D eigenvalue weighted by molar-refractivity contribution is 5.79. The molecule has 2 N–H and O–H groups in total. The van der Waals surface area contributed by atoms with Gasteiger partial charge < -0.3 is 20.1 Å². The molecule has 0 radical (unpaired) electrons. The first kappa shape index (κ1) is 22.8. The molecule has 0 unspecified atom stereocenters. The Morgan fingerprint density at radius 3 is 2.45 bits per heavy atom. The molecule has 0 saturated carbocycles. The molecule has 0 spiro atoms. The molecule has 1 aliphatic rings. The largest absolute Gasteiger partial charge is 0.497 e. The Balaban J connectivity index is 1.30. The zero-order valence-corrected chi connectivity index (χ0v) is 19.3. The standard InChI is InChI=1S/C25H32N6O2/c1-26-25(27-17-20-5-3-4-6-21(20)19-30-13-15-33-16-14-30)28-18-22-11-12-31(29-22)23-7-9-24(32-2)10-8-23/h3-12H,13-19H2,1-2H3,(H2,26,27,28). The van der Waals surface area contributed by atoms with Gasteiger partial charge in [0.25, 0.3) is 0 Å². The first-order chi connectivity index (χ1) is 16.2. The zero-order valence-electron chi connectivity index (χ0n) is 19.3. The third-order valence-electron chi connectivity index (χ3n) is 5.70. The number of ether oxygens (including phenoxy) is 2. The molecule has 33 heavy (non-hydrogen) atoms. The predicted molar refractivity (Wildman–Crippen MR) is 130 cm³/mol. The van der Waals surface area contributed by atoms with Crippen molar-refractivity contribution in [2.45, 2.75) is 19.6 Å². The van der Waals surface area contributed by atoms with Gasteiger partial charge in [-0.2, -0.15) is 5.10 Å². The minimum Gasteiger partial charge on any atom is -0.497 e. The number of hydrogen-bond donors (Lipinski definition) is 2. The van der Waals surface area contributed by atoms with Crippen LogP contribution in [0.4, 0.5) is 0 Å². The van der Waals surface area contributed by atoms with Crippen LogP contribution in [0.1, 0.15) is 16.8 Å². The molecule has 174 valence electrons. The molecule has 0 atom stereocenters. The van der Waals surface area contributed by atoms with Gasteiger partial charge in [-0.3, -0.25) is 9.89 Å². The smallest absolute Gasteiger partial charge is 0.191 e.